The summed E-state index contributed by atoms with van der Waals surface area (Å²) in [5.74, 6) is 1.12. The lowest BCUT2D eigenvalue weighted by Crippen LogP contribution is -1.99. The van der Waals surface area contributed by atoms with Crippen LogP contribution in [0.2, 0.25) is 0 Å². The second kappa shape index (κ2) is 4.84. The maximum Gasteiger partial charge on any atom is 0.224 e. The number of hydrogen-bond acceptors (Lipinski definition) is 4. The van der Waals surface area contributed by atoms with Gasteiger partial charge in [0.2, 0.25) is 5.88 Å². The number of rotatable bonds is 5. The molecule has 0 bridgehead atoms. The van der Waals surface area contributed by atoms with Crippen molar-refractivity contribution in [2.75, 3.05) is 7.11 Å². The van der Waals surface area contributed by atoms with Gasteiger partial charge in [0.25, 0.3) is 0 Å². The first kappa shape index (κ1) is 11.9. The predicted octanol–water partition coefficient (Wildman–Crippen LogP) is 2.18. The number of aromatic nitrogens is 3. The lowest BCUT2D eigenvalue weighted by molar-refractivity contribution is 0.112. The SMILES string of the molecule is COc1nccc(-c2cnn(CC3CC3)c2)c1C=O. The van der Waals surface area contributed by atoms with Crippen LogP contribution in [0.3, 0.4) is 0 Å². The van der Waals surface area contributed by atoms with E-state index in [1.807, 2.05) is 16.9 Å². The van der Waals surface area contributed by atoms with E-state index >= 15 is 0 Å². The summed E-state index contributed by atoms with van der Waals surface area (Å²) < 4.78 is 7.05. The minimum absolute atomic E-state index is 0.349. The molecule has 2 aromatic heterocycles. The Balaban J connectivity index is 1.96. The van der Waals surface area contributed by atoms with E-state index < -0.39 is 0 Å². The van der Waals surface area contributed by atoms with Crippen molar-refractivity contribution >= 4 is 6.29 Å². The Labute approximate surface area is 111 Å². The molecule has 1 fully saturated rings. The molecule has 2 heterocycles. The fourth-order valence-electron chi connectivity index (χ4n) is 2.15. The van der Waals surface area contributed by atoms with E-state index in [1.165, 1.54) is 20.0 Å². The minimum Gasteiger partial charge on any atom is -0.480 e. The summed E-state index contributed by atoms with van der Waals surface area (Å²) in [5.41, 5.74) is 2.20. The van der Waals surface area contributed by atoms with Gasteiger partial charge in [-0.15, -0.1) is 0 Å². The number of pyridine rings is 1. The van der Waals surface area contributed by atoms with Crippen LogP contribution in [0.4, 0.5) is 0 Å². The number of methoxy groups -OCH3 is 1. The van der Waals surface area contributed by atoms with Gasteiger partial charge in [-0.05, 0) is 24.8 Å². The molecular formula is C14H15N3O2. The van der Waals surface area contributed by atoms with Crippen LogP contribution in [-0.4, -0.2) is 28.2 Å². The number of hydrogen-bond donors (Lipinski definition) is 0. The molecule has 0 N–H and O–H groups in total. The van der Waals surface area contributed by atoms with Crippen molar-refractivity contribution in [1.29, 1.82) is 0 Å². The molecule has 0 spiro atoms. The number of carbonyl (C=O) groups excluding carboxylic acids is 1. The van der Waals surface area contributed by atoms with Crippen LogP contribution in [0, 0.1) is 5.92 Å². The third-order valence-electron chi connectivity index (χ3n) is 3.35. The molecule has 0 saturated heterocycles. The van der Waals surface area contributed by atoms with E-state index in [4.69, 9.17) is 4.74 Å². The fraction of sp³-hybridized carbons (Fsp3) is 0.357. The third-order valence-corrected chi connectivity index (χ3v) is 3.35. The topological polar surface area (TPSA) is 57.0 Å². The first-order valence-corrected chi connectivity index (χ1v) is 6.33. The molecule has 0 unspecified atom stereocenters. The van der Waals surface area contributed by atoms with Crippen molar-refractivity contribution in [2.24, 2.45) is 5.92 Å². The standard InChI is InChI=1S/C14H15N3O2/c1-19-14-13(9-18)12(4-5-15-14)11-6-16-17(8-11)7-10-2-3-10/h4-6,8-10H,2-3,7H2,1H3. The quantitative estimate of drug-likeness (QED) is 0.770. The van der Waals surface area contributed by atoms with Crippen molar-refractivity contribution in [3.05, 3.63) is 30.2 Å². The van der Waals surface area contributed by atoms with Crippen molar-refractivity contribution in [1.82, 2.24) is 14.8 Å². The number of ether oxygens (including phenoxy) is 1. The lowest BCUT2D eigenvalue weighted by atomic mass is 10.1. The normalized spacial score (nSPS) is 14.4. The van der Waals surface area contributed by atoms with Gasteiger partial charge in [0.05, 0.1) is 18.9 Å². The molecule has 1 saturated carbocycles. The largest absolute Gasteiger partial charge is 0.480 e. The molecule has 5 nitrogen and oxygen atoms in total. The Morgan fingerprint density at radius 1 is 1.53 bits per heavy atom. The molecule has 98 valence electrons. The van der Waals surface area contributed by atoms with Crippen LogP contribution in [0.15, 0.2) is 24.7 Å². The van der Waals surface area contributed by atoms with E-state index in [1.54, 1.807) is 12.4 Å². The molecule has 1 aliphatic carbocycles. The van der Waals surface area contributed by atoms with Gasteiger partial charge < -0.3 is 4.74 Å². The van der Waals surface area contributed by atoms with E-state index in [2.05, 4.69) is 10.1 Å². The van der Waals surface area contributed by atoms with Crippen LogP contribution >= 0.6 is 0 Å². The van der Waals surface area contributed by atoms with E-state index in [-0.39, 0.29) is 0 Å². The van der Waals surface area contributed by atoms with Gasteiger partial charge in [-0.1, -0.05) is 0 Å². The van der Waals surface area contributed by atoms with Crippen LogP contribution in [0.1, 0.15) is 23.2 Å². The van der Waals surface area contributed by atoms with E-state index in [9.17, 15) is 4.79 Å². The van der Waals surface area contributed by atoms with E-state index in [0.29, 0.717) is 11.4 Å². The molecule has 5 heteroatoms. The molecular weight excluding hydrogens is 242 g/mol. The summed E-state index contributed by atoms with van der Waals surface area (Å²) in [6.45, 7) is 0.957. The Kier molecular flexibility index (Phi) is 3.03. The Hall–Kier alpha value is -2.17. The van der Waals surface area contributed by atoms with Crippen molar-refractivity contribution in [2.45, 2.75) is 19.4 Å². The molecule has 19 heavy (non-hydrogen) atoms. The molecule has 0 amide bonds. The molecule has 3 rings (SSSR count). The summed E-state index contributed by atoms with van der Waals surface area (Å²) in [6.07, 6.45) is 8.75. The number of nitrogens with zero attached hydrogens (tertiary/aromatic N) is 3. The first-order chi connectivity index (χ1) is 9.31. The van der Waals surface area contributed by atoms with Crippen molar-refractivity contribution in [3.63, 3.8) is 0 Å². The molecule has 2 aromatic rings. The monoisotopic (exact) mass is 257 g/mol. The maximum atomic E-state index is 11.2. The summed E-state index contributed by atoms with van der Waals surface area (Å²) in [5, 5.41) is 4.34. The Morgan fingerprint density at radius 2 is 2.37 bits per heavy atom. The molecule has 0 radical (unpaired) electrons. The smallest absolute Gasteiger partial charge is 0.224 e. The predicted molar refractivity (Wildman–Crippen MR) is 70.1 cm³/mol. The number of carbonyl (C=O) groups is 1. The highest BCUT2D eigenvalue weighted by Gasteiger charge is 2.22. The summed E-state index contributed by atoms with van der Waals surface area (Å²) in [6, 6.07) is 1.81. The molecule has 0 atom stereocenters. The van der Waals surface area contributed by atoms with Gasteiger partial charge in [0, 0.05) is 30.1 Å². The molecule has 1 aliphatic rings. The zero-order chi connectivity index (χ0) is 13.2. The zero-order valence-corrected chi connectivity index (χ0v) is 10.7. The highest BCUT2D eigenvalue weighted by molar-refractivity contribution is 5.89. The van der Waals surface area contributed by atoms with Gasteiger partial charge in [-0.3, -0.25) is 9.48 Å². The average molecular weight is 257 g/mol. The van der Waals surface area contributed by atoms with Crippen LogP contribution in [0.25, 0.3) is 11.1 Å². The minimum atomic E-state index is 0.349. The van der Waals surface area contributed by atoms with Crippen molar-refractivity contribution < 1.29 is 9.53 Å². The van der Waals surface area contributed by atoms with Gasteiger partial charge in [0.1, 0.15) is 0 Å². The highest BCUT2D eigenvalue weighted by Crippen LogP contribution is 2.31. The first-order valence-electron chi connectivity index (χ1n) is 6.33. The fourth-order valence-corrected chi connectivity index (χ4v) is 2.15. The van der Waals surface area contributed by atoms with Gasteiger partial charge >= 0.3 is 0 Å². The van der Waals surface area contributed by atoms with Crippen molar-refractivity contribution in [3.8, 4) is 17.0 Å². The Morgan fingerprint density at radius 3 is 3.05 bits per heavy atom. The maximum absolute atomic E-state index is 11.2. The highest BCUT2D eigenvalue weighted by atomic mass is 16.5. The summed E-state index contributed by atoms with van der Waals surface area (Å²) in [7, 11) is 1.51. The van der Waals surface area contributed by atoms with Crippen LogP contribution in [0.5, 0.6) is 5.88 Å². The zero-order valence-electron chi connectivity index (χ0n) is 10.7. The third kappa shape index (κ3) is 2.36. The summed E-state index contributed by atoms with van der Waals surface area (Å²) in [4.78, 5) is 15.3. The lowest BCUT2D eigenvalue weighted by Gasteiger charge is -2.06. The Bertz CT molecular complexity index is 602. The van der Waals surface area contributed by atoms with Gasteiger partial charge in [-0.2, -0.15) is 5.10 Å². The second-order valence-corrected chi connectivity index (χ2v) is 4.79. The van der Waals surface area contributed by atoms with E-state index in [0.717, 1.165) is 29.9 Å². The molecule has 0 aliphatic heterocycles. The van der Waals surface area contributed by atoms with Crippen LogP contribution < -0.4 is 4.74 Å². The number of aldehydes is 1. The summed E-state index contributed by atoms with van der Waals surface area (Å²) >= 11 is 0. The average Bonchev–Trinajstić information content (AvgIpc) is 3.13. The second-order valence-electron chi connectivity index (χ2n) is 4.79. The molecule has 0 aromatic carbocycles. The van der Waals surface area contributed by atoms with Crippen LogP contribution in [-0.2, 0) is 6.54 Å². The van der Waals surface area contributed by atoms with Gasteiger partial charge in [0.15, 0.2) is 6.29 Å². The van der Waals surface area contributed by atoms with Gasteiger partial charge in [-0.25, -0.2) is 4.98 Å².